The van der Waals surface area contributed by atoms with Crippen LogP contribution in [-0.2, 0) is 0 Å². The lowest BCUT2D eigenvalue weighted by molar-refractivity contribution is 1.64. The first-order valence-electron chi connectivity index (χ1n) is 4.47. The lowest BCUT2D eigenvalue weighted by Crippen LogP contribution is -1.82. The van der Waals surface area contributed by atoms with E-state index in [1.807, 2.05) is 0 Å². The molecule has 2 aromatic rings. The summed E-state index contributed by atoms with van der Waals surface area (Å²) >= 11 is 10.8. The van der Waals surface area contributed by atoms with Crippen LogP contribution in [-0.4, -0.2) is 0 Å². The second-order valence-corrected chi connectivity index (χ2v) is 6.04. The monoisotopic (exact) mass is 386 g/mol. The third-order valence-electron chi connectivity index (χ3n) is 2.63. The average molecular weight is 389 g/mol. The summed E-state index contributed by atoms with van der Waals surface area (Å²) in [6.07, 6.45) is 2.16. The molecule has 0 nitrogen and oxygen atoms in total. The Kier molecular flexibility index (Phi) is 2.31. The van der Waals surface area contributed by atoms with E-state index in [0.29, 0.717) is 0 Å². The Balaban J connectivity index is 2.61. The molecule has 0 bridgehead atoms. The molecule has 0 atom stereocenters. The Morgan fingerprint density at radius 2 is 1.73 bits per heavy atom. The van der Waals surface area contributed by atoms with Gasteiger partial charge in [-0.1, -0.05) is 66.0 Å². The maximum absolute atomic E-state index is 3.60. The maximum Gasteiger partial charge on any atom is 0.0266 e. The number of benzene rings is 2. The molecule has 1 aliphatic rings. The van der Waals surface area contributed by atoms with Crippen LogP contribution in [0.25, 0.3) is 21.3 Å². The summed E-state index contributed by atoms with van der Waals surface area (Å²) in [5.41, 5.74) is 2.53. The van der Waals surface area contributed by atoms with Gasteiger partial charge in [-0.3, -0.25) is 0 Å². The van der Waals surface area contributed by atoms with Crippen molar-refractivity contribution >= 4 is 69.1 Å². The van der Waals surface area contributed by atoms with Gasteiger partial charge in [0.1, 0.15) is 0 Å². The standard InChI is InChI=1S/C12H5Br3/c13-9-4-8-11(15)5-10(14)7-3-1-2-6(9)12(7)8/h1-5H. The molecule has 74 valence electrons. The van der Waals surface area contributed by atoms with Gasteiger partial charge >= 0.3 is 0 Å². The largest absolute Gasteiger partial charge is 0.0610 e. The molecule has 0 radical (unpaired) electrons. The van der Waals surface area contributed by atoms with Crippen molar-refractivity contribution in [2.24, 2.45) is 0 Å². The molecule has 1 aliphatic carbocycles. The second kappa shape index (κ2) is 3.44. The van der Waals surface area contributed by atoms with Gasteiger partial charge in [-0.2, -0.15) is 0 Å². The van der Waals surface area contributed by atoms with E-state index in [4.69, 9.17) is 0 Å². The van der Waals surface area contributed by atoms with Crippen molar-refractivity contribution in [3.05, 3.63) is 44.3 Å². The second-order valence-electron chi connectivity index (χ2n) is 3.47. The van der Waals surface area contributed by atoms with Crippen LogP contribution < -0.4 is 0 Å². The van der Waals surface area contributed by atoms with Crippen LogP contribution in [0.15, 0.2) is 33.2 Å². The minimum atomic E-state index is 1.13. The third-order valence-corrected chi connectivity index (χ3v) is 4.60. The van der Waals surface area contributed by atoms with Crippen LogP contribution in [0.1, 0.15) is 11.1 Å². The fourth-order valence-corrected chi connectivity index (χ4v) is 3.94. The maximum atomic E-state index is 3.60. The van der Waals surface area contributed by atoms with E-state index in [0.717, 1.165) is 13.4 Å². The molecular weight excluding hydrogens is 384 g/mol. The van der Waals surface area contributed by atoms with E-state index in [1.54, 1.807) is 0 Å². The van der Waals surface area contributed by atoms with Crippen molar-refractivity contribution in [3.63, 3.8) is 0 Å². The average Bonchev–Trinajstić information content (AvgIpc) is 2.55. The molecule has 0 heterocycles. The van der Waals surface area contributed by atoms with E-state index in [2.05, 4.69) is 78.1 Å². The topological polar surface area (TPSA) is 0 Å². The lowest BCUT2D eigenvalue weighted by Gasteiger charge is -2.06. The molecule has 3 rings (SSSR count). The Morgan fingerprint density at radius 1 is 0.933 bits per heavy atom. The third kappa shape index (κ3) is 1.37. The highest BCUT2D eigenvalue weighted by molar-refractivity contribution is 9.15. The summed E-state index contributed by atoms with van der Waals surface area (Å²) in [6, 6.07) is 8.46. The van der Waals surface area contributed by atoms with Gasteiger partial charge < -0.3 is 0 Å². The van der Waals surface area contributed by atoms with Crippen LogP contribution in [0.2, 0.25) is 0 Å². The highest BCUT2D eigenvalue weighted by atomic mass is 79.9. The van der Waals surface area contributed by atoms with Crippen molar-refractivity contribution < 1.29 is 0 Å². The lowest BCUT2D eigenvalue weighted by atomic mass is 10.0. The summed E-state index contributed by atoms with van der Waals surface area (Å²) in [5, 5.41) is 2.57. The molecular formula is C12H5Br3. The smallest absolute Gasteiger partial charge is 0.0266 e. The van der Waals surface area contributed by atoms with Crippen LogP contribution >= 0.6 is 47.8 Å². The number of hydrogen-bond acceptors (Lipinski definition) is 0. The molecule has 0 fully saturated rings. The predicted molar refractivity (Wildman–Crippen MR) is 76.1 cm³/mol. The van der Waals surface area contributed by atoms with E-state index < -0.39 is 0 Å². The SMILES string of the molecule is BrC1=Cc2c(Br)cc(Br)c3cccc1c23. The van der Waals surface area contributed by atoms with Crippen LogP contribution in [0.5, 0.6) is 0 Å². The molecule has 0 saturated heterocycles. The zero-order valence-corrected chi connectivity index (χ0v) is 12.3. The Bertz CT molecular complexity index is 612. The first-order chi connectivity index (χ1) is 7.18. The summed E-state index contributed by atoms with van der Waals surface area (Å²) in [4.78, 5) is 0. The van der Waals surface area contributed by atoms with Gasteiger partial charge in [-0.25, -0.2) is 0 Å². The molecule has 0 aliphatic heterocycles. The number of halogens is 3. The molecule has 15 heavy (non-hydrogen) atoms. The van der Waals surface area contributed by atoms with E-state index >= 15 is 0 Å². The van der Waals surface area contributed by atoms with E-state index in [9.17, 15) is 0 Å². The summed E-state index contributed by atoms with van der Waals surface area (Å²) in [7, 11) is 0. The van der Waals surface area contributed by atoms with Crippen molar-refractivity contribution in [1.82, 2.24) is 0 Å². The fraction of sp³-hybridized carbons (Fsp3) is 0. The highest BCUT2D eigenvalue weighted by Gasteiger charge is 2.18. The number of rotatable bonds is 0. The molecule has 3 heteroatoms. The number of hydrogen-bond donors (Lipinski definition) is 0. The molecule has 0 saturated carbocycles. The van der Waals surface area contributed by atoms with E-state index in [-0.39, 0.29) is 0 Å². The first-order valence-corrected chi connectivity index (χ1v) is 6.84. The summed E-state index contributed by atoms with van der Waals surface area (Å²) in [6.45, 7) is 0. The summed E-state index contributed by atoms with van der Waals surface area (Å²) in [5.74, 6) is 0. The molecule has 0 unspecified atom stereocenters. The Hall–Kier alpha value is -0.120. The van der Waals surface area contributed by atoms with E-state index in [1.165, 1.54) is 21.9 Å². The molecule has 0 N–H and O–H groups in total. The molecule has 2 aromatic carbocycles. The Morgan fingerprint density at radius 3 is 2.53 bits per heavy atom. The zero-order valence-electron chi connectivity index (χ0n) is 7.52. The minimum absolute atomic E-state index is 1.13. The van der Waals surface area contributed by atoms with Crippen molar-refractivity contribution in [2.75, 3.05) is 0 Å². The zero-order chi connectivity index (χ0) is 10.6. The van der Waals surface area contributed by atoms with Gasteiger partial charge in [-0.15, -0.1) is 0 Å². The minimum Gasteiger partial charge on any atom is -0.0610 e. The van der Waals surface area contributed by atoms with Gasteiger partial charge in [0.15, 0.2) is 0 Å². The highest BCUT2D eigenvalue weighted by Crippen LogP contribution is 2.44. The van der Waals surface area contributed by atoms with Gasteiger partial charge in [-0.05, 0) is 34.0 Å². The normalized spacial score (nSPS) is 13.4. The van der Waals surface area contributed by atoms with Crippen molar-refractivity contribution in [1.29, 1.82) is 0 Å². The molecule has 0 spiro atoms. The molecule has 0 aromatic heterocycles. The van der Waals surface area contributed by atoms with Gasteiger partial charge in [0.05, 0.1) is 0 Å². The van der Waals surface area contributed by atoms with Crippen molar-refractivity contribution in [2.45, 2.75) is 0 Å². The van der Waals surface area contributed by atoms with Crippen LogP contribution in [0.3, 0.4) is 0 Å². The molecule has 0 amide bonds. The Labute approximate surface area is 113 Å². The predicted octanol–water partition coefficient (Wildman–Crippen LogP) is 5.57. The van der Waals surface area contributed by atoms with Gasteiger partial charge in [0, 0.05) is 13.4 Å². The van der Waals surface area contributed by atoms with Crippen LogP contribution in [0, 0.1) is 0 Å². The quantitative estimate of drug-likeness (QED) is 0.553. The van der Waals surface area contributed by atoms with Gasteiger partial charge in [0.2, 0.25) is 0 Å². The van der Waals surface area contributed by atoms with Crippen molar-refractivity contribution in [3.8, 4) is 0 Å². The van der Waals surface area contributed by atoms with Gasteiger partial charge in [0.25, 0.3) is 0 Å². The fourth-order valence-electron chi connectivity index (χ4n) is 1.97. The van der Waals surface area contributed by atoms with Crippen LogP contribution in [0.4, 0.5) is 0 Å². The first kappa shape index (κ1) is 10.1. The summed E-state index contributed by atoms with van der Waals surface area (Å²) < 4.78 is 3.41.